The topological polar surface area (TPSA) is 100 Å². The molecule has 1 aliphatic heterocycles. The summed E-state index contributed by atoms with van der Waals surface area (Å²) in [4.78, 5) is 44.2. The number of carbonyl (C=O) groups excluding carboxylic acids is 1. The minimum absolute atomic E-state index is 0.0896. The summed E-state index contributed by atoms with van der Waals surface area (Å²) in [6.07, 6.45) is 8.28. The molecule has 4 rings (SSSR count). The molecule has 0 aliphatic carbocycles. The number of aromatic amines is 1. The van der Waals surface area contributed by atoms with Crippen molar-refractivity contribution in [1.82, 2.24) is 29.4 Å². The highest BCUT2D eigenvalue weighted by atomic mass is 16.2. The van der Waals surface area contributed by atoms with E-state index in [1.54, 1.807) is 29.5 Å². The van der Waals surface area contributed by atoms with Crippen LogP contribution in [0.15, 0.2) is 35.8 Å². The predicted molar refractivity (Wildman–Crippen MR) is 105 cm³/mol. The number of nitrogens with zero attached hydrogens (tertiary/aromatic N) is 6. The van der Waals surface area contributed by atoms with Gasteiger partial charge in [0.15, 0.2) is 0 Å². The van der Waals surface area contributed by atoms with Gasteiger partial charge in [-0.05, 0) is 18.9 Å². The average Bonchev–Trinajstić information content (AvgIpc) is 3.20. The molecule has 1 aliphatic rings. The maximum absolute atomic E-state index is 12.5. The molecular formula is C19H23N7O2. The molecule has 3 aromatic heterocycles. The molecule has 0 bridgehead atoms. The largest absolute Gasteiger partial charge is 0.347 e. The van der Waals surface area contributed by atoms with Crippen LogP contribution in [0.25, 0.3) is 10.9 Å². The van der Waals surface area contributed by atoms with E-state index in [-0.39, 0.29) is 17.4 Å². The van der Waals surface area contributed by atoms with Crippen molar-refractivity contribution in [2.75, 3.05) is 32.1 Å². The van der Waals surface area contributed by atoms with Gasteiger partial charge in [0.1, 0.15) is 6.54 Å². The van der Waals surface area contributed by atoms with Gasteiger partial charge in [0.25, 0.3) is 5.56 Å². The molecule has 1 saturated heterocycles. The second kappa shape index (κ2) is 7.41. The second-order valence-corrected chi connectivity index (χ2v) is 7.31. The first-order valence-corrected chi connectivity index (χ1v) is 9.32. The molecule has 0 unspecified atom stereocenters. The summed E-state index contributed by atoms with van der Waals surface area (Å²) in [6.45, 7) is 1.65. The maximum atomic E-state index is 12.5. The highest BCUT2D eigenvalue weighted by molar-refractivity contribution is 5.78. The smallest absolute Gasteiger partial charge is 0.259 e. The van der Waals surface area contributed by atoms with Crippen molar-refractivity contribution < 1.29 is 4.79 Å². The number of fused-ring (bicyclic) bond motifs is 1. The highest BCUT2D eigenvalue weighted by Crippen LogP contribution is 2.27. The summed E-state index contributed by atoms with van der Waals surface area (Å²) in [7, 11) is 3.73. The number of hydrogen-bond acceptors (Lipinski definition) is 6. The van der Waals surface area contributed by atoms with E-state index in [2.05, 4.69) is 19.9 Å². The lowest BCUT2D eigenvalue weighted by Crippen LogP contribution is -2.39. The summed E-state index contributed by atoms with van der Waals surface area (Å²) in [5, 5.41) is 0.488. The van der Waals surface area contributed by atoms with Crippen LogP contribution >= 0.6 is 0 Å². The Hall–Kier alpha value is -3.23. The number of carbonyl (C=O) groups is 1. The first-order valence-electron chi connectivity index (χ1n) is 9.32. The minimum Gasteiger partial charge on any atom is -0.347 e. The van der Waals surface area contributed by atoms with E-state index in [1.807, 2.05) is 30.0 Å². The molecule has 0 atom stereocenters. The van der Waals surface area contributed by atoms with Gasteiger partial charge in [-0.25, -0.2) is 15.0 Å². The number of nitrogens with one attached hydrogen (secondary N) is 1. The van der Waals surface area contributed by atoms with Gasteiger partial charge in [-0.1, -0.05) is 0 Å². The zero-order valence-electron chi connectivity index (χ0n) is 16.0. The van der Waals surface area contributed by atoms with E-state index in [0.29, 0.717) is 36.5 Å². The Morgan fingerprint density at radius 3 is 2.79 bits per heavy atom. The van der Waals surface area contributed by atoms with E-state index in [0.717, 1.165) is 18.5 Å². The molecule has 146 valence electrons. The highest BCUT2D eigenvalue weighted by Gasteiger charge is 2.25. The van der Waals surface area contributed by atoms with Gasteiger partial charge in [0.05, 0.1) is 17.2 Å². The Labute approximate surface area is 162 Å². The molecule has 3 aromatic rings. The van der Waals surface area contributed by atoms with Crippen LogP contribution in [-0.4, -0.2) is 62.5 Å². The number of piperidine rings is 1. The molecule has 9 nitrogen and oxygen atoms in total. The number of amides is 1. The Balaban J connectivity index is 1.48. The van der Waals surface area contributed by atoms with Crippen LogP contribution in [-0.2, 0) is 11.3 Å². The summed E-state index contributed by atoms with van der Waals surface area (Å²) < 4.78 is 1.78. The van der Waals surface area contributed by atoms with Gasteiger partial charge in [-0.3, -0.25) is 9.59 Å². The van der Waals surface area contributed by atoms with Crippen molar-refractivity contribution in [3.8, 4) is 0 Å². The number of rotatable bonds is 4. The second-order valence-electron chi connectivity index (χ2n) is 7.31. The number of imidazole rings is 1. The summed E-state index contributed by atoms with van der Waals surface area (Å²) in [6, 6.07) is 1.94. The van der Waals surface area contributed by atoms with Crippen molar-refractivity contribution in [1.29, 1.82) is 0 Å². The van der Waals surface area contributed by atoms with Crippen molar-refractivity contribution in [2.24, 2.45) is 0 Å². The van der Waals surface area contributed by atoms with E-state index in [9.17, 15) is 9.59 Å². The fourth-order valence-corrected chi connectivity index (χ4v) is 3.56. The van der Waals surface area contributed by atoms with Gasteiger partial charge in [-0.2, -0.15) is 0 Å². The van der Waals surface area contributed by atoms with Crippen LogP contribution in [0, 0.1) is 0 Å². The molecule has 0 spiro atoms. The van der Waals surface area contributed by atoms with Crippen LogP contribution < -0.4 is 10.5 Å². The van der Waals surface area contributed by atoms with Crippen molar-refractivity contribution in [3.63, 3.8) is 0 Å². The first-order chi connectivity index (χ1) is 13.5. The average molecular weight is 381 g/mol. The number of aromatic nitrogens is 5. The molecule has 4 heterocycles. The lowest BCUT2D eigenvalue weighted by atomic mass is 9.92. The fourth-order valence-electron chi connectivity index (χ4n) is 3.56. The first kappa shape index (κ1) is 18.1. The zero-order chi connectivity index (χ0) is 19.7. The molecule has 0 radical (unpaired) electrons. The predicted octanol–water partition coefficient (Wildman–Crippen LogP) is 0.987. The molecule has 1 fully saturated rings. The van der Waals surface area contributed by atoms with Crippen LogP contribution in [0.5, 0.6) is 0 Å². The molecule has 1 N–H and O–H groups in total. The van der Waals surface area contributed by atoms with E-state index in [4.69, 9.17) is 0 Å². The Bertz CT molecular complexity index is 1030. The SMILES string of the molecule is CN(C)c1ncc2c(=O)[nH]c(C3CCN(C(=O)Cn4ccnc4)CC3)cc2n1. The monoisotopic (exact) mass is 381 g/mol. The lowest BCUT2D eigenvalue weighted by Gasteiger charge is -2.32. The minimum atomic E-state index is -0.170. The third kappa shape index (κ3) is 3.60. The van der Waals surface area contributed by atoms with E-state index < -0.39 is 0 Å². The molecule has 1 amide bonds. The lowest BCUT2D eigenvalue weighted by molar-refractivity contribution is -0.132. The summed E-state index contributed by atoms with van der Waals surface area (Å²) in [5.74, 6) is 0.864. The molecular weight excluding hydrogens is 358 g/mol. The third-order valence-electron chi connectivity index (χ3n) is 5.16. The number of hydrogen-bond donors (Lipinski definition) is 1. The van der Waals surface area contributed by atoms with Crippen LogP contribution in [0.2, 0.25) is 0 Å². The number of likely N-dealkylation sites (tertiary alicyclic amines) is 1. The Morgan fingerprint density at radius 2 is 2.11 bits per heavy atom. The summed E-state index contributed by atoms with van der Waals surface area (Å²) in [5.41, 5.74) is 1.36. The standard InChI is InChI=1S/C19H23N7O2/c1-24(2)19-21-10-14-16(23-19)9-15(22-18(14)28)13-3-6-26(7-4-13)17(27)11-25-8-5-20-12-25/h5,8-10,12-13H,3-4,6-7,11H2,1-2H3,(H,22,28). The molecule has 9 heteroatoms. The van der Waals surface area contributed by atoms with Gasteiger partial charge >= 0.3 is 0 Å². The fraction of sp³-hybridized carbons (Fsp3) is 0.421. The normalized spacial score (nSPS) is 15.1. The van der Waals surface area contributed by atoms with Crippen molar-refractivity contribution in [2.45, 2.75) is 25.3 Å². The molecule has 28 heavy (non-hydrogen) atoms. The van der Waals surface area contributed by atoms with Crippen LogP contribution in [0.1, 0.15) is 24.5 Å². The van der Waals surface area contributed by atoms with Crippen LogP contribution in [0.3, 0.4) is 0 Å². The van der Waals surface area contributed by atoms with Crippen molar-refractivity contribution in [3.05, 3.63) is 47.0 Å². The zero-order valence-corrected chi connectivity index (χ0v) is 16.0. The Kier molecular flexibility index (Phi) is 4.81. The molecule has 0 aromatic carbocycles. The van der Waals surface area contributed by atoms with Gasteiger partial charge in [-0.15, -0.1) is 0 Å². The summed E-state index contributed by atoms with van der Waals surface area (Å²) >= 11 is 0. The Morgan fingerprint density at radius 1 is 1.32 bits per heavy atom. The number of anilines is 1. The quantitative estimate of drug-likeness (QED) is 0.723. The van der Waals surface area contributed by atoms with Crippen molar-refractivity contribution >= 4 is 22.8 Å². The third-order valence-corrected chi connectivity index (χ3v) is 5.16. The van der Waals surface area contributed by atoms with Gasteiger partial charge < -0.3 is 19.4 Å². The maximum Gasteiger partial charge on any atom is 0.259 e. The van der Waals surface area contributed by atoms with Gasteiger partial charge in [0, 0.05) is 57.4 Å². The number of H-pyrrole nitrogens is 1. The van der Waals surface area contributed by atoms with E-state index in [1.165, 1.54) is 0 Å². The number of pyridine rings is 1. The van der Waals surface area contributed by atoms with E-state index >= 15 is 0 Å². The van der Waals surface area contributed by atoms with Gasteiger partial charge in [0.2, 0.25) is 11.9 Å². The van der Waals surface area contributed by atoms with Crippen LogP contribution in [0.4, 0.5) is 5.95 Å². The molecule has 0 saturated carbocycles.